The number of hydrogen-bond donors (Lipinski definition) is 1. The highest BCUT2D eigenvalue weighted by molar-refractivity contribution is 5.96. The number of rotatable bonds is 6. The Hall–Kier alpha value is -2.61. The molecule has 0 spiro atoms. The minimum atomic E-state index is -0.714. The molecule has 27 heavy (non-hydrogen) atoms. The van der Waals surface area contributed by atoms with E-state index in [0.717, 1.165) is 6.42 Å². The van der Waals surface area contributed by atoms with Gasteiger partial charge in [0.1, 0.15) is 11.8 Å². The lowest BCUT2D eigenvalue weighted by molar-refractivity contribution is -0.142. The molecule has 0 bridgehead atoms. The Morgan fingerprint density at radius 2 is 1.78 bits per heavy atom. The van der Waals surface area contributed by atoms with E-state index in [2.05, 4.69) is 21.9 Å². The number of carbonyl (C=O) groups excluding carboxylic acids is 3. The molecule has 1 atom stereocenters. The van der Waals surface area contributed by atoms with Crippen molar-refractivity contribution in [2.24, 2.45) is 0 Å². The van der Waals surface area contributed by atoms with E-state index in [1.807, 2.05) is 27.7 Å². The van der Waals surface area contributed by atoms with Crippen LogP contribution in [-0.2, 0) is 14.3 Å². The third-order valence-corrected chi connectivity index (χ3v) is 3.09. The highest BCUT2D eigenvalue weighted by Crippen LogP contribution is 2.05. The number of nitrogens with one attached hydrogen (secondary N) is 1. The average molecular weight is 376 g/mol. The number of unbranched alkanes of at least 4 members (excludes halogenated alkanes) is 1. The molecule has 0 aliphatic heterocycles. The molecular formula is C22H33NO4. The third-order valence-electron chi connectivity index (χ3n) is 3.09. The number of benzene rings is 1. The maximum atomic E-state index is 12.1. The summed E-state index contributed by atoms with van der Waals surface area (Å²) in [5, 5.41) is 2.56. The zero-order valence-electron chi connectivity index (χ0n) is 17.6. The molecule has 5 heteroatoms. The Morgan fingerprint density at radius 1 is 1.15 bits per heavy atom. The zero-order valence-corrected chi connectivity index (χ0v) is 17.6. The molecule has 1 aromatic carbocycles. The second-order valence-corrected chi connectivity index (χ2v) is 5.16. The van der Waals surface area contributed by atoms with Crippen LogP contribution in [-0.4, -0.2) is 30.8 Å². The van der Waals surface area contributed by atoms with Gasteiger partial charge in [0.05, 0.1) is 7.11 Å². The van der Waals surface area contributed by atoms with Crippen LogP contribution in [0.2, 0.25) is 0 Å². The number of carbonyl (C=O) groups is 3. The monoisotopic (exact) mass is 375 g/mol. The van der Waals surface area contributed by atoms with Gasteiger partial charge in [-0.05, 0) is 38.5 Å². The lowest BCUT2D eigenvalue weighted by Crippen LogP contribution is -2.39. The van der Waals surface area contributed by atoms with Gasteiger partial charge in [0.2, 0.25) is 0 Å². The van der Waals surface area contributed by atoms with Crippen molar-refractivity contribution in [1.29, 1.82) is 0 Å². The summed E-state index contributed by atoms with van der Waals surface area (Å²) in [5.41, 5.74) is 1.14. The minimum absolute atomic E-state index is 0.158. The van der Waals surface area contributed by atoms with Crippen molar-refractivity contribution in [1.82, 2.24) is 5.32 Å². The summed E-state index contributed by atoms with van der Waals surface area (Å²) < 4.78 is 4.57. The van der Waals surface area contributed by atoms with E-state index >= 15 is 0 Å². The van der Waals surface area contributed by atoms with Gasteiger partial charge in [0.15, 0.2) is 0 Å². The molecule has 0 aliphatic carbocycles. The molecule has 5 nitrogen and oxygen atoms in total. The molecule has 0 fully saturated rings. The van der Waals surface area contributed by atoms with Gasteiger partial charge in [-0.25, -0.2) is 4.79 Å². The summed E-state index contributed by atoms with van der Waals surface area (Å²) >= 11 is 0. The Labute approximate surface area is 163 Å². The Bertz CT molecular complexity index is 641. The van der Waals surface area contributed by atoms with Crippen LogP contribution in [0, 0.1) is 11.8 Å². The molecule has 150 valence electrons. The lowest BCUT2D eigenvalue weighted by atomic mass is 10.1. The largest absolute Gasteiger partial charge is 0.467 e. The maximum absolute atomic E-state index is 12.1. The van der Waals surface area contributed by atoms with Crippen molar-refractivity contribution >= 4 is 17.7 Å². The quantitative estimate of drug-likeness (QED) is 0.461. The van der Waals surface area contributed by atoms with Gasteiger partial charge in [0.25, 0.3) is 5.91 Å². The molecule has 1 amide bonds. The fraction of sp³-hybridized carbons (Fsp3) is 0.500. The number of Topliss-reactive ketones (excluding diaryl/α,β-unsaturated/α-hetero) is 1. The molecule has 1 aromatic rings. The van der Waals surface area contributed by atoms with Crippen LogP contribution in [0.3, 0.4) is 0 Å². The van der Waals surface area contributed by atoms with E-state index in [0.29, 0.717) is 24.0 Å². The van der Waals surface area contributed by atoms with E-state index in [-0.39, 0.29) is 11.7 Å². The lowest BCUT2D eigenvalue weighted by Gasteiger charge is -2.11. The van der Waals surface area contributed by atoms with Gasteiger partial charge in [-0.1, -0.05) is 45.6 Å². The number of methoxy groups -OCH3 is 1. The van der Waals surface area contributed by atoms with Crippen LogP contribution in [0.15, 0.2) is 24.3 Å². The first-order valence-electron chi connectivity index (χ1n) is 9.41. The van der Waals surface area contributed by atoms with E-state index < -0.39 is 12.0 Å². The molecule has 0 saturated heterocycles. The maximum Gasteiger partial charge on any atom is 0.328 e. The zero-order chi connectivity index (χ0) is 21.2. The first kappa shape index (κ1) is 26.6. The van der Waals surface area contributed by atoms with Crippen molar-refractivity contribution in [2.75, 3.05) is 7.11 Å². The number of hydrogen-bond acceptors (Lipinski definition) is 4. The van der Waals surface area contributed by atoms with E-state index in [1.165, 1.54) is 7.11 Å². The van der Waals surface area contributed by atoms with Gasteiger partial charge in [-0.15, -0.1) is 0 Å². The number of esters is 1. The average Bonchev–Trinajstić information content (AvgIpc) is 2.70. The second kappa shape index (κ2) is 16.8. The molecule has 0 heterocycles. The summed E-state index contributed by atoms with van der Waals surface area (Å²) in [5.74, 6) is 5.25. The molecule has 1 rings (SSSR count). The first-order valence-corrected chi connectivity index (χ1v) is 9.41. The molecule has 0 radical (unpaired) electrons. The Kier molecular flexibility index (Phi) is 16.6. The predicted molar refractivity (Wildman–Crippen MR) is 109 cm³/mol. The predicted octanol–water partition coefficient (Wildman–Crippen LogP) is 4.14. The Balaban J connectivity index is 0. The van der Waals surface area contributed by atoms with Crippen molar-refractivity contribution < 1.29 is 19.1 Å². The molecule has 0 aromatic heterocycles. The minimum Gasteiger partial charge on any atom is -0.467 e. The third kappa shape index (κ3) is 12.4. The van der Waals surface area contributed by atoms with E-state index in [4.69, 9.17) is 0 Å². The van der Waals surface area contributed by atoms with Gasteiger partial charge in [-0.2, -0.15) is 0 Å². The fourth-order valence-electron chi connectivity index (χ4n) is 1.84. The van der Waals surface area contributed by atoms with Crippen LogP contribution in [0.1, 0.15) is 76.7 Å². The number of ether oxygens (including phenoxy) is 1. The molecule has 1 unspecified atom stereocenters. The van der Waals surface area contributed by atoms with Crippen LogP contribution >= 0.6 is 0 Å². The van der Waals surface area contributed by atoms with Gasteiger partial charge >= 0.3 is 5.97 Å². The molecule has 0 aliphatic rings. The smallest absolute Gasteiger partial charge is 0.328 e. The van der Waals surface area contributed by atoms with Crippen LogP contribution in [0.25, 0.3) is 0 Å². The number of ketones is 1. The van der Waals surface area contributed by atoms with Gasteiger partial charge in [0, 0.05) is 24.0 Å². The topological polar surface area (TPSA) is 72.5 Å². The SMILES string of the molecule is CC.CC.COC(=O)C(C)NC(=O)c1cccc(C#CCCCC(C)=O)c1. The van der Waals surface area contributed by atoms with Gasteiger partial charge in [-0.3, -0.25) is 4.79 Å². The van der Waals surface area contributed by atoms with Crippen molar-refractivity contribution in [3.05, 3.63) is 35.4 Å². The van der Waals surface area contributed by atoms with Crippen LogP contribution < -0.4 is 5.32 Å². The second-order valence-electron chi connectivity index (χ2n) is 5.16. The van der Waals surface area contributed by atoms with E-state index in [1.54, 1.807) is 38.1 Å². The first-order chi connectivity index (χ1) is 12.9. The van der Waals surface area contributed by atoms with E-state index in [9.17, 15) is 14.4 Å². The van der Waals surface area contributed by atoms with Crippen LogP contribution in [0.5, 0.6) is 0 Å². The summed E-state index contributed by atoms with van der Waals surface area (Å²) in [7, 11) is 1.27. The van der Waals surface area contributed by atoms with Crippen molar-refractivity contribution in [2.45, 2.75) is 66.8 Å². The summed E-state index contributed by atoms with van der Waals surface area (Å²) in [6.07, 6.45) is 1.90. The van der Waals surface area contributed by atoms with Gasteiger partial charge < -0.3 is 14.8 Å². The van der Waals surface area contributed by atoms with Crippen molar-refractivity contribution in [3.8, 4) is 11.8 Å². The molecule has 0 saturated carbocycles. The highest BCUT2D eigenvalue weighted by Gasteiger charge is 2.16. The summed E-state index contributed by atoms with van der Waals surface area (Å²) in [4.78, 5) is 34.2. The standard InChI is InChI=1S/C18H21NO4.2C2H6/c1-13(20)8-5-4-6-9-15-10-7-11-16(12-15)17(21)19-14(2)18(22)23-3;2*1-2/h7,10-12,14H,4-5,8H2,1-3H3,(H,19,21);2*1-2H3. The van der Waals surface area contributed by atoms with Crippen molar-refractivity contribution in [3.63, 3.8) is 0 Å². The fourth-order valence-corrected chi connectivity index (χ4v) is 1.84. The molecular weight excluding hydrogens is 342 g/mol. The Morgan fingerprint density at radius 3 is 2.33 bits per heavy atom. The van der Waals surface area contributed by atoms with Crippen LogP contribution in [0.4, 0.5) is 0 Å². The normalized spacial score (nSPS) is 9.74. The molecule has 1 N–H and O–H groups in total. The highest BCUT2D eigenvalue weighted by atomic mass is 16.5. The summed E-state index contributed by atoms with van der Waals surface area (Å²) in [6, 6.07) is 6.14. The number of amides is 1. The summed E-state index contributed by atoms with van der Waals surface area (Å²) in [6.45, 7) is 11.1.